The predicted octanol–water partition coefficient (Wildman–Crippen LogP) is 3.86. The zero-order valence-electron chi connectivity index (χ0n) is 17.4. The summed E-state index contributed by atoms with van der Waals surface area (Å²) in [6.45, 7) is 5.36. The highest BCUT2D eigenvalue weighted by molar-refractivity contribution is 7.98. The van der Waals surface area contributed by atoms with Gasteiger partial charge in [0, 0.05) is 17.9 Å². The summed E-state index contributed by atoms with van der Waals surface area (Å²) in [6.07, 6.45) is 3.57. The number of H-pyrrole nitrogens is 1. The number of benzene rings is 1. The van der Waals surface area contributed by atoms with E-state index < -0.39 is 0 Å². The van der Waals surface area contributed by atoms with Gasteiger partial charge in [-0.25, -0.2) is 15.0 Å². The number of fused-ring (bicyclic) bond motifs is 1. The minimum absolute atomic E-state index is 0.110. The van der Waals surface area contributed by atoms with Gasteiger partial charge in [-0.3, -0.25) is 4.79 Å². The van der Waals surface area contributed by atoms with E-state index >= 15 is 0 Å². The summed E-state index contributed by atoms with van der Waals surface area (Å²) in [4.78, 5) is 28.6. The standard InChI is InChI=1S/C22H23N5O3S/c1-13-6-3-4-8-16(13)21-25-17(14(2)30-21)11-31-22-26-18-19(23-12-24-20(18)28)27(22)10-15-7-5-9-29-15/h3-4,6,8,12,15H,5,7,9-11H2,1-2H3,(H,23,24,28)/t15-/m1/s1. The van der Waals surface area contributed by atoms with Crippen LogP contribution in [-0.4, -0.2) is 37.2 Å². The molecule has 1 aliphatic heterocycles. The average Bonchev–Trinajstić information content (AvgIpc) is 3.48. The van der Waals surface area contributed by atoms with Crippen molar-refractivity contribution >= 4 is 22.9 Å². The second-order valence-electron chi connectivity index (χ2n) is 7.67. The number of rotatable bonds is 6. The van der Waals surface area contributed by atoms with Crippen LogP contribution in [0.4, 0.5) is 0 Å². The smallest absolute Gasteiger partial charge is 0.278 e. The van der Waals surface area contributed by atoms with Crippen LogP contribution in [0, 0.1) is 13.8 Å². The molecule has 0 radical (unpaired) electrons. The van der Waals surface area contributed by atoms with Crippen molar-refractivity contribution in [1.82, 2.24) is 24.5 Å². The molecule has 0 amide bonds. The van der Waals surface area contributed by atoms with Crippen LogP contribution in [0.2, 0.25) is 0 Å². The van der Waals surface area contributed by atoms with Gasteiger partial charge in [0.25, 0.3) is 5.56 Å². The molecule has 1 saturated heterocycles. The molecule has 4 heterocycles. The van der Waals surface area contributed by atoms with Crippen molar-refractivity contribution in [3.8, 4) is 11.5 Å². The summed E-state index contributed by atoms with van der Waals surface area (Å²) in [5.41, 5.74) is 3.66. The Hall–Kier alpha value is -2.91. The molecule has 1 N–H and O–H groups in total. The van der Waals surface area contributed by atoms with E-state index in [0.717, 1.165) is 47.2 Å². The normalized spacial score (nSPS) is 16.4. The van der Waals surface area contributed by atoms with Gasteiger partial charge in [-0.1, -0.05) is 30.0 Å². The van der Waals surface area contributed by atoms with E-state index in [1.165, 1.54) is 18.1 Å². The summed E-state index contributed by atoms with van der Waals surface area (Å²) in [7, 11) is 0. The highest BCUT2D eigenvalue weighted by atomic mass is 32.2. The molecule has 1 fully saturated rings. The monoisotopic (exact) mass is 437 g/mol. The molecule has 1 atom stereocenters. The fourth-order valence-electron chi connectivity index (χ4n) is 3.82. The van der Waals surface area contributed by atoms with Crippen LogP contribution in [0.1, 0.15) is 29.9 Å². The number of aryl methyl sites for hydroxylation is 2. The lowest BCUT2D eigenvalue weighted by atomic mass is 10.1. The van der Waals surface area contributed by atoms with Gasteiger partial charge >= 0.3 is 0 Å². The van der Waals surface area contributed by atoms with E-state index in [1.807, 2.05) is 42.7 Å². The number of thioether (sulfide) groups is 1. The topological polar surface area (TPSA) is 98.8 Å². The lowest BCUT2D eigenvalue weighted by Crippen LogP contribution is -2.16. The van der Waals surface area contributed by atoms with Crippen LogP contribution in [0.25, 0.3) is 22.6 Å². The molecule has 8 nitrogen and oxygen atoms in total. The first-order chi connectivity index (χ1) is 15.1. The Labute approximate surface area is 183 Å². The molecule has 31 heavy (non-hydrogen) atoms. The van der Waals surface area contributed by atoms with Gasteiger partial charge in [-0.05, 0) is 38.3 Å². The Morgan fingerprint density at radius 2 is 2.13 bits per heavy atom. The number of oxazole rings is 1. The van der Waals surface area contributed by atoms with E-state index in [0.29, 0.717) is 29.4 Å². The van der Waals surface area contributed by atoms with E-state index in [4.69, 9.17) is 14.1 Å². The first-order valence-corrected chi connectivity index (χ1v) is 11.3. The number of ether oxygens (including phenoxy) is 1. The number of nitrogens with zero attached hydrogens (tertiary/aromatic N) is 4. The summed E-state index contributed by atoms with van der Waals surface area (Å²) in [6, 6.07) is 8.03. The fourth-order valence-corrected chi connectivity index (χ4v) is 4.82. The minimum atomic E-state index is -0.239. The zero-order chi connectivity index (χ0) is 21.4. The van der Waals surface area contributed by atoms with Crippen molar-refractivity contribution in [2.24, 2.45) is 0 Å². The van der Waals surface area contributed by atoms with E-state index in [-0.39, 0.29) is 11.7 Å². The third-order valence-corrected chi connectivity index (χ3v) is 6.51. The number of imidazole rings is 1. The first kappa shape index (κ1) is 20.0. The van der Waals surface area contributed by atoms with Crippen LogP contribution in [-0.2, 0) is 17.0 Å². The Balaban J connectivity index is 1.44. The third kappa shape index (κ3) is 3.90. The minimum Gasteiger partial charge on any atom is -0.441 e. The van der Waals surface area contributed by atoms with Crippen molar-refractivity contribution < 1.29 is 9.15 Å². The van der Waals surface area contributed by atoms with Crippen LogP contribution >= 0.6 is 11.8 Å². The van der Waals surface area contributed by atoms with Gasteiger partial charge in [0.1, 0.15) is 5.76 Å². The number of aromatic nitrogens is 5. The number of aromatic amines is 1. The molecule has 0 bridgehead atoms. The predicted molar refractivity (Wildman–Crippen MR) is 118 cm³/mol. The molecule has 1 aliphatic rings. The van der Waals surface area contributed by atoms with Crippen LogP contribution in [0.3, 0.4) is 0 Å². The average molecular weight is 438 g/mol. The quantitative estimate of drug-likeness (QED) is 0.457. The number of nitrogens with one attached hydrogen (secondary N) is 1. The van der Waals surface area contributed by atoms with Crippen LogP contribution in [0.15, 0.2) is 45.0 Å². The maximum absolute atomic E-state index is 12.3. The van der Waals surface area contributed by atoms with Crippen molar-refractivity contribution in [2.75, 3.05) is 6.61 Å². The molecule has 160 valence electrons. The molecule has 1 aromatic carbocycles. The van der Waals surface area contributed by atoms with Crippen LogP contribution < -0.4 is 5.56 Å². The lowest BCUT2D eigenvalue weighted by Gasteiger charge is -2.13. The molecular formula is C22H23N5O3S. The largest absolute Gasteiger partial charge is 0.441 e. The van der Waals surface area contributed by atoms with Gasteiger partial charge < -0.3 is 18.7 Å². The molecule has 0 unspecified atom stereocenters. The summed E-state index contributed by atoms with van der Waals surface area (Å²) < 4.78 is 13.7. The van der Waals surface area contributed by atoms with Gasteiger partial charge in [-0.15, -0.1) is 0 Å². The second kappa shape index (κ2) is 8.32. The van der Waals surface area contributed by atoms with E-state index in [9.17, 15) is 4.79 Å². The van der Waals surface area contributed by atoms with E-state index in [2.05, 4.69) is 15.0 Å². The summed E-state index contributed by atoms with van der Waals surface area (Å²) >= 11 is 1.53. The molecule has 3 aromatic heterocycles. The second-order valence-corrected chi connectivity index (χ2v) is 8.61. The molecule has 9 heteroatoms. The van der Waals surface area contributed by atoms with Crippen LogP contribution in [0.5, 0.6) is 0 Å². The Morgan fingerprint density at radius 3 is 2.94 bits per heavy atom. The molecular weight excluding hydrogens is 414 g/mol. The molecule has 0 aliphatic carbocycles. The van der Waals surface area contributed by atoms with Crippen molar-refractivity contribution in [1.29, 1.82) is 0 Å². The fraction of sp³-hybridized carbons (Fsp3) is 0.364. The third-order valence-electron chi connectivity index (χ3n) is 5.52. The van der Waals surface area contributed by atoms with E-state index in [1.54, 1.807) is 0 Å². The van der Waals surface area contributed by atoms with Gasteiger partial charge in [0.05, 0.1) is 24.7 Å². The van der Waals surface area contributed by atoms with Gasteiger partial charge in [0.15, 0.2) is 16.3 Å². The SMILES string of the molecule is Cc1ccccc1-c1nc(CSc2nc3c(=O)[nH]cnc3n2C[C@H]2CCCO2)c(C)o1. The zero-order valence-corrected chi connectivity index (χ0v) is 18.2. The maximum Gasteiger partial charge on any atom is 0.278 e. The van der Waals surface area contributed by atoms with Gasteiger partial charge in [-0.2, -0.15) is 0 Å². The lowest BCUT2D eigenvalue weighted by molar-refractivity contribution is 0.0958. The number of hydrogen-bond donors (Lipinski definition) is 1. The first-order valence-electron chi connectivity index (χ1n) is 10.3. The molecule has 5 rings (SSSR count). The highest BCUT2D eigenvalue weighted by Gasteiger charge is 2.22. The van der Waals surface area contributed by atoms with Crippen molar-refractivity contribution in [3.05, 3.63) is 58.0 Å². The van der Waals surface area contributed by atoms with Gasteiger partial charge in [0.2, 0.25) is 5.89 Å². The molecule has 0 spiro atoms. The molecule has 0 saturated carbocycles. The summed E-state index contributed by atoms with van der Waals surface area (Å²) in [5.74, 6) is 1.98. The van der Waals surface area contributed by atoms with Crippen molar-refractivity contribution in [3.63, 3.8) is 0 Å². The maximum atomic E-state index is 12.3. The Morgan fingerprint density at radius 1 is 1.26 bits per heavy atom. The summed E-state index contributed by atoms with van der Waals surface area (Å²) in [5, 5.41) is 0.731. The number of hydrogen-bond acceptors (Lipinski definition) is 7. The van der Waals surface area contributed by atoms with Crippen molar-refractivity contribution in [2.45, 2.75) is 50.2 Å². The highest BCUT2D eigenvalue weighted by Crippen LogP contribution is 2.30. The Bertz CT molecular complexity index is 1290. The Kier molecular flexibility index (Phi) is 5.37. The molecule has 4 aromatic rings.